The Hall–Kier alpha value is -1.56. The summed E-state index contributed by atoms with van der Waals surface area (Å²) < 4.78 is 15.3. The number of halogens is 2. The van der Waals surface area contributed by atoms with E-state index >= 15 is 0 Å². The van der Waals surface area contributed by atoms with Gasteiger partial charge in [-0.05, 0) is 28.1 Å². The Kier molecular flexibility index (Phi) is 3.33. The summed E-state index contributed by atoms with van der Waals surface area (Å²) in [6.45, 7) is 0.545. The first-order valence-corrected chi connectivity index (χ1v) is 5.82. The molecule has 4 nitrogen and oxygen atoms in total. The smallest absolute Gasteiger partial charge is 0.139 e. The molecular weight excluding hydrogens is 287 g/mol. The molecule has 1 aromatic heterocycles. The van der Waals surface area contributed by atoms with Gasteiger partial charge in [0.1, 0.15) is 5.82 Å². The molecule has 0 fully saturated rings. The largest absolute Gasteiger partial charge is 0.397 e. The average molecular weight is 299 g/mol. The van der Waals surface area contributed by atoms with E-state index in [0.29, 0.717) is 22.4 Å². The zero-order valence-electron chi connectivity index (χ0n) is 9.24. The predicted octanol–water partition coefficient (Wildman–Crippen LogP) is 2.52. The number of rotatable bonds is 3. The lowest BCUT2D eigenvalue weighted by atomic mass is 10.2. The maximum Gasteiger partial charge on any atom is 0.139 e. The standard InChI is InChI=1S/C11H12BrFN4/c1-17-3-2-7(16-17)6-15-11-4-8(12)9(13)5-10(11)14/h2-5,15H,6,14H2,1H3. The molecule has 0 saturated heterocycles. The van der Waals surface area contributed by atoms with Crippen molar-refractivity contribution in [2.75, 3.05) is 11.1 Å². The minimum Gasteiger partial charge on any atom is -0.397 e. The van der Waals surface area contributed by atoms with Crippen LogP contribution < -0.4 is 11.1 Å². The fraction of sp³-hybridized carbons (Fsp3) is 0.182. The molecule has 2 aromatic rings. The van der Waals surface area contributed by atoms with E-state index in [0.717, 1.165) is 5.69 Å². The highest BCUT2D eigenvalue weighted by Gasteiger charge is 2.06. The highest BCUT2D eigenvalue weighted by atomic mass is 79.9. The molecule has 0 aliphatic heterocycles. The molecule has 2 rings (SSSR count). The van der Waals surface area contributed by atoms with Gasteiger partial charge in [0, 0.05) is 19.3 Å². The van der Waals surface area contributed by atoms with Crippen LogP contribution in [0.3, 0.4) is 0 Å². The van der Waals surface area contributed by atoms with E-state index in [4.69, 9.17) is 5.73 Å². The van der Waals surface area contributed by atoms with Crippen LogP contribution in [0.25, 0.3) is 0 Å². The zero-order chi connectivity index (χ0) is 12.4. The van der Waals surface area contributed by atoms with Crippen molar-refractivity contribution in [1.29, 1.82) is 0 Å². The van der Waals surface area contributed by atoms with Crippen LogP contribution in [0.15, 0.2) is 28.9 Å². The van der Waals surface area contributed by atoms with Gasteiger partial charge in [0.25, 0.3) is 0 Å². The van der Waals surface area contributed by atoms with Crippen molar-refractivity contribution >= 4 is 27.3 Å². The quantitative estimate of drug-likeness (QED) is 0.856. The second-order valence-corrected chi connectivity index (χ2v) is 4.54. The molecule has 90 valence electrons. The van der Waals surface area contributed by atoms with E-state index < -0.39 is 0 Å². The maximum absolute atomic E-state index is 13.2. The zero-order valence-corrected chi connectivity index (χ0v) is 10.8. The van der Waals surface area contributed by atoms with Gasteiger partial charge in [0.2, 0.25) is 0 Å². The van der Waals surface area contributed by atoms with E-state index in [1.165, 1.54) is 6.07 Å². The number of nitrogens with zero attached hydrogens (tertiary/aromatic N) is 2. The molecule has 0 radical (unpaired) electrons. The Morgan fingerprint density at radius 1 is 1.53 bits per heavy atom. The normalized spacial score (nSPS) is 10.5. The Morgan fingerprint density at radius 3 is 2.94 bits per heavy atom. The summed E-state index contributed by atoms with van der Waals surface area (Å²) in [5.41, 5.74) is 7.67. The summed E-state index contributed by atoms with van der Waals surface area (Å²) >= 11 is 3.12. The van der Waals surface area contributed by atoms with Crippen molar-refractivity contribution in [2.24, 2.45) is 7.05 Å². The molecule has 6 heteroatoms. The summed E-state index contributed by atoms with van der Waals surface area (Å²) in [7, 11) is 1.85. The lowest BCUT2D eigenvalue weighted by Gasteiger charge is -2.09. The number of anilines is 2. The van der Waals surface area contributed by atoms with Gasteiger partial charge in [0.15, 0.2) is 0 Å². The fourth-order valence-electron chi connectivity index (χ4n) is 1.46. The average Bonchev–Trinajstić information content (AvgIpc) is 2.68. The van der Waals surface area contributed by atoms with Crippen LogP contribution >= 0.6 is 15.9 Å². The third kappa shape index (κ3) is 2.76. The Balaban J connectivity index is 2.11. The van der Waals surface area contributed by atoms with Gasteiger partial charge in [-0.1, -0.05) is 0 Å². The summed E-state index contributed by atoms with van der Waals surface area (Å²) in [4.78, 5) is 0. The van der Waals surface area contributed by atoms with E-state index in [1.54, 1.807) is 10.7 Å². The predicted molar refractivity (Wildman–Crippen MR) is 69.0 cm³/mol. The first-order valence-electron chi connectivity index (χ1n) is 5.03. The van der Waals surface area contributed by atoms with Gasteiger partial charge in [-0.25, -0.2) is 4.39 Å². The molecule has 0 atom stereocenters. The molecule has 0 unspecified atom stereocenters. The second kappa shape index (κ2) is 4.75. The van der Waals surface area contributed by atoms with Gasteiger partial charge < -0.3 is 11.1 Å². The molecule has 3 N–H and O–H groups in total. The molecular formula is C11H12BrFN4. The Labute approximate surface area is 107 Å². The summed E-state index contributed by atoms with van der Waals surface area (Å²) in [5, 5.41) is 7.34. The van der Waals surface area contributed by atoms with Crippen LogP contribution in [-0.4, -0.2) is 9.78 Å². The van der Waals surface area contributed by atoms with Crippen molar-refractivity contribution in [3.63, 3.8) is 0 Å². The first-order chi connectivity index (χ1) is 8.06. The summed E-state index contributed by atoms with van der Waals surface area (Å²) in [6, 6.07) is 4.81. The van der Waals surface area contributed by atoms with Gasteiger partial charge in [0.05, 0.1) is 28.1 Å². The van der Waals surface area contributed by atoms with Crippen LogP contribution in [-0.2, 0) is 13.6 Å². The third-order valence-corrected chi connectivity index (χ3v) is 2.93. The molecule has 0 aliphatic carbocycles. The van der Waals surface area contributed by atoms with E-state index in [9.17, 15) is 4.39 Å². The Morgan fingerprint density at radius 2 is 2.29 bits per heavy atom. The van der Waals surface area contributed by atoms with Gasteiger partial charge in [-0.3, -0.25) is 4.68 Å². The molecule has 0 aliphatic rings. The molecule has 1 aromatic carbocycles. The van der Waals surface area contributed by atoms with Crippen LogP contribution in [0.2, 0.25) is 0 Å². The SMILES string of the molecule is Cn1ccc(CNc2cc(Br)c(F)cc2N)n1. The third-order valence-electron chi connectivity index (χ3n) is 2.32. The number of aryl methyl sites for hydroxylation is 1. The monoisotopic (exact) mass is 298 g/mol. The van der Waals surface area contributed by atoms with Crippen LogP contribution in [0.1, 0.15) is 5.69 Å². The number of nitrogens with two attached hydrogens (primary N) is 1. The van der Waals surface area contributed by atoms with Crippen molar-refractivity contribution in [2.45, 2.75) is 6.54 Å². The fourth-order valence-corrected chi connectivity index (χ4v) is 1.80. The number of benzene rings is 1. The van der Waals surface area contributed by atoms with Crippen molar-refractivity contribution in [3.8, 4) is 0 Å². The highest BCUT2D eigenvalue weighted by Crippen LogP contribution is 2.26. The number of aromatic nitrogens is 2. The van der Waals surface area contributed by atoms with Crippen LogP contribution in [0, 0.1) is 5.82 Å². The molecule has 0 bridgehead atoms. The lowest BCUT2D eigenvalue weighted by molar-refractivity contribution is 0.622. The van der Waals surface area contributed by atoms with Gasteiger partial charge in [-0.15, -0.1) is 0 Å². The van der Waals surface area contributed by atoms with E-state index in [1.807, 2.05) is 19.3 Å². The van der Waals surface area contributed by atoms with Crippen LogP contribution in [0.5, 0.6) is 0 Å². The number of nitrogen functional groups attached to an aromatic ring is 1. The second-order valence-electron chi connectivity index (χ2n) is 3.69. The molecule has 0 spiro atoms. The van der Waals surface area contributed by atoms with E-state index in [-0.39, 0.29) is 5.82 Å². The number of hydrogen-bond donors (Lipinski definition) is 2. The van der Waals surface area contributed by atoms with Crippen molar-refractivity contribution in [3.05, 3.63) is 40.4 Å². The van der Waals surface area contributed by atoms with Crippen molar-refractivity contribution in [1.82, 2.24) is 9.78 Å². The molecule has 17 heavy (non-hydrogen) atoms. The molecule has 1 heterocycles. The Bertz CT molecular complexity index is 538. The summed E-state index contributed by atoms with van der Waals surface area (Å²) in [6.07, 6.45) is 1.86. The minimum absolute atomic E-state index is 0.370. The summed E-state index contributed by atoms with van der Waals surface area (Å²) in [5.74, 6) is -0.370. The number of hydrogen-bond acceptors (Lipinski definition) is 3. The lowest BCUT2D eigenvalue weighted by Crippen LogP contribution is -2.04. The number of nitrogens with one attached hydrogen (secondary N) is 1. The molecule has 0 saturated carbocycles. The van der Waals surface area contributed by atoms with Gasteiger partial charge >= 0.3 is 0 Å². The minimum atomic E-state index is -0.370. The highest BCUT2D eigenvalue weighted by molar-refractivity contribution is 9.10. The van der Waals surface area contributed by atoms with E-state index in [2.05, 4.69) is 26.3 Å². The maximum atomic E-state index is 13.2. The van der Waals surface area contributed by atoms with Crippen LogP contribution in [0.4, 0.5) is 15.8 Å². The van der Waals surface area contributed by atoms with Crippen molar-refractivity contribution < 1.29 is 4.39 Å². The molecule has 0 amide bonds. The topological polar surface area (TPSA) is 55.9 Å². The van der Waals surface area contributed by atoms with Gasteiger partial charge in [-0.2, -0.15) is 5.10 Å². The first kappa shape index (κ1) is 11.9.